The van der Waals surface area contributed by atoms with Crippen molar-refractivity contribution in [2.75, 3.05) is 6.54 Å². The van der Waals surface area contributed by atoms with Crippen LogP contribution in [0.1, 0.15) is 41.8 Å². The summed E-state index contributed by atoms with van der Waals surface area (Å²) in [7, 11) is 0. The number of carbonyl (C=O) groups is 1. The molecule has 102 valence electrons. The van der Waals surface area contributed by atoms with Gasteiger partial charge in [-0.05, 0) is 32.2 Å². The maximum absolute atomic E-state index is 11.8. The molecule has 0 bridgehead atoms. The van der Waals surface area contributed by atoms with E-state index in [1.165, 1.54) is 11.3 Å². The quantitative estimate of drug-likeness (QED) is 0.913. The molecule has 0 saturated carbocycles. The van der Waals surface area contributed by atoms with Gasteiger partial charge in [0.15, 0.2) is 0 Å². The first-order valence-corrected chi connectivity index (χ1v) is 7.37. The van der Waals surface area contributed by atoms with Crippen LogP contribution < -0.4 is 5.32 Å². The van der Waals surface area contributed by atoms with Crippen LogP contribution in [-0.2, 0) is 6.42 Å². The van der Waals surface area contributed by atoms with E-state index in [4.69, 9.17) is 0 Å². The van der Waals surface area contributed by atoms with Gasteiger partial charge in [-0.2, -0.15) is 11.3 Å². The molecule has 2 aromatic heterocycles. The second-order valence-electron chi connectivity index (χ2n) is 4.80. The van der Waals surface area contributed by atoms with Crippen LogP contribution in [0.25, 0.3) is 0 Å². The highest BCUT2D eigenvalue weighted by molar-refractivity contribution is 7.08. The molecule has 1 N–H and O–H groups in total. The van der Waals surface area contributed by atoms with Gasteiger partial charge in [-0.1, -0.05) is 0 Å². The van der Waals surface area contributed by atoms with Gasteiger partial charge in [0.2, 0.25) is 0 Å². The van der Waals surface area contributed by atoms with Crippen molar-refractivity contribution >= 4 is 17.2 Å². The van der Waals surface area contributed by atoms with E-state index in [2.05, 4.69) is 35.6 Å². The Hall–Kier alpha value is -1.62. The Morgan fingerprint density at radius 3 is 2.95 bits per heavy atom. The van der Waals surface area contributed by atoms with Gasteiger partial charge in [0.05, 0.1) is 0 Å². The van der Waals surface area contributed by atoms with Crippen LogP contribution >= 0.6 is 11.3 Å². The van der Waals surface area contributed by atoms with Gasteiger partial charge in [-0.25, -0.2) is 4.98 Å². The van der Waals surface area contributed by atoms with E-state index in [1.54, 1.807) is 0 Å². The summed E-state index contributed by atoms with van der Waals surface area (Å²) in [6, 6.07) is 2.23. The largest absolute Gasteiger partial charge is 0.352 e. The summed E-state index contributed by atoms with van der Waals surface area (Å²) in [5.41, 5.74) is 1.89. The number of thiophene rings is 1. The molecule has 1 amide bonds. The summed E-state index contributed by atoms with van der Waals surface area (Å²) in [5.74, 6) is 1.01. The number of nitrogens with zero attached hydrogens (tertiary/aromatic N) is 2. The molecule has 0 aromatic carbocycles. The molecule has 0 aliphatic rings. The monoisotopic (exact) mass is 277 g/mol. The molecule has 0 unspecified atom stereocenters. The normalized spacial score (nSPS) is 10.9. The topological polar surface area (TPSA) is 46.9 Å². The van der Waals surface area contributed by atoms with E-state index >= 15 is 0 Å². The van der Waals surface area contributed by atoms with E-state index < -0.39 is 0 Å². The Labute approximate surface area is 117 Å². The number of carbonyl (C=O) groups excluding carboxylic acids is 1. The molecule has 2 heterocycles. The fourth-order valence-electron chi connectivity index (χ4n) is 2.17. The SMILES string of the molecule is Cc1cnc(CCNC(=O)c2ccsc2)n1C(C)C. The van der Waals surface area contributed by atoms with Gasteiger partial charge >= 0.3 is 0 Å². The van der Waals surface area contributed by atoms with E-state index in [0.29, 0.717) is 12.6 Å². The van der Waals surface area contributed by atoms with Crippen molar-refractivity contribution < 1.29 is 4.79 Å². The predicted octanol–water partition coefficient (Wildman–Crippen LogP) is 2.81. The Morgan fingerprint density at radius 2 is 2.32 bits per heavy atom. The zero-order chi connectivity index (χ0) is 13.8. The maximum Gasteiger partial charge on any atom is 0.252 e. The number of hydrogen-bond acceptors (Lipinski definition) is 3. The van der Waals surface area contributed by atoms with Crippen LogP contribution in [0, 0.1) is 6.92 Å². The molecular weight excluding hydrogens is 258 g/mol. The molecule has 0 fully saturated rings. The third-order valence-electron chi connectivity index (χ3n) is 2.99. The molecule has 0 aliphatic carbocycles. The van der Waals surface area contributed by atoms with Crippen molar-refractivity contribution in [3.05, 3.63) is 40.1 Å². The van der Waals surface area contributed by atoms with E-state index in [-0.39, 0.29) is 5.91 Å². The van der Waals surface area contributed by atoms with Gasteiger partial charge in [0, 0.05) is 41.8 Å². The van der Waals surface area contributed by atoms with Crippen molar-refractivity contribution in [1.82, 2.24) is 14.9 Å². The van der Waals surface area contributed by atoms with E-state index in [0.717, 1.165) is 23.5 Å². The standard InChI is InChI=1S/C14H19N3OS/c1-10(2)17-11(3)8-16-13(17)4-6-15-14(18)12-5-7-19-9-12/h5,7-10H,4,6H2,1-3H3,(H,15,18). The third-order valence-corrected chi connectivity index (χ3v) is 3.68. The minimum Gasteiger partial charge on any atom is -0.352 e. The zero-order valence-corrected chi connectivity index (χ0v) is 12.3. The van der Waals surface area contributed by atoms with Crippen molar-refractivity contribution in [2.45, 2.75) is 33.2 Å². The third kappa shape index (κ3) is 3.23. The second kappa shape index (κ2) is 6.02. The average molecular weight is 277 g/mol. The van der Waals surface area contributed by atoms with Crippen molar-refractivity contribution in [2.24, 2.45) is 0 Å². The molecule has 0 atom stereocenters. The van der Waals surface area contributed by atoms with Gasteiger partial charge in [0.1, 0.15) is 5.82 Å². The van der Waals surface area contributed by atoms with Crippen LogP contribution in [-0.4, -0.2) is 22.0 Å². The van der Waals surface area contributed by atoms with Crippen molar-refractivity contribution in [3.8, 4) is 0 Å². The number of hydrogen-bond donors (Lipinski definition) is 1. The molecule has 0 saturated heterocycles. The highest BCUT2D eigenvalue weighted by Gasteiger charge is 2.10. The smallest absolute Gasteiger partial charge is 0.252 e. The maximum atomic E-state index is 11.8. The Bertz CT molecular complexity index is 543. The van der Waals surface area contributed by atoms with Gasteiger partial charge in [-0.15, -0.1) is 0 Å². The first-order chi connectivity index (χ1) is 9.09. The highest BCUT2D eigenvalue weighted by atomic mass is 32.1. The van der Waals surface area contributed by atoms with Gasteiger partial charge < -0.3 is 9.88 Å². The van der Waals surface area contributed by atoms with Gasteiger partial charge in [-0.3, -0.25) is 4.79 Å². The fraction of sp³-hybridized carbons (Fsp3) is 0.429. The van der Waals surface area contributed by atoms with E-state index in [1.807, 2.05) is 23.0 Å². The number of rotatable bonds is 5. The second-order valence-corrected chi connectivity index (χ2v) is 5.58. The Balaban J connectivity index is 1.91. The van der Waals surface area contributed by atoms with Crippen LogP contribution in [0.3, 0.4) is 0 Å². The Kier molecular flexibility index (Phi) is 4.37. The van der Waals surface area contributed by atoms with Crippen LogP contribution in [0.4, 0.5) is 0 Å². The highest BCUT2D eigenvalue weighted by Crippen LogP contribution is 2.13. The molecule has 0 aliphatic heterocycles. The summed E-state index contributed by atoms with van der Waals surface area (Å²) in [4.78, 5) is 16.2. The summed E-state index contributed by atoms with van der Waals surface area (Å²) in [6.07, 6.45) is 2.64. The zero-order valence-electron chi connectivity index (χ0n) is 11.5. The van der Waals surface area contributed by atoms with Crippen LogP contribution in [0.2, 0.25) is 0 Å². The minimum absolute atomic E-state index is 0.0133. The minimum atomic E-state index is -0.0133. The van der Waals surface area contributed by atoms with Crippen molar-refractivity contribution in [3.63, 3.8) is 0 Å². The fourth-order valence-corrected chi connectivity index (χ4v) is 2.81. The molecular formula is C14H19N3OS. The lowest BCUT2D eigenvalue weighted by molar-refractivity contribution is 0.0954. The average Bonchev–Trinajstić information content (AvgIpc) is 2.98. The summed E-state index contributed by atoms with van der Waals surface area (Å²) in [5, 5.41) is 6.69. The lowest BCUT2D eigenvalue weighted by Crippen LogP contribution is -2.26. The van der Waals surface area contributed by atoms with Gasteiger partial charge in [0.25, 0.3) is 5.91 Å². The first kappa shape index (κ1) is 13.8. The number of aromatic nitrogens is 2. The number of amides is 1. The number of nitrogens with one attached hydrogen (secondary N) is 1. The van der Waals surface area contributed by atoms with Crippen LogP contribution in [0.5, 0.6) is 0 Å². The van der Waals surface area contributed by atoms with E-state index in [9.17, 15) is 4.79 Å². The first-order valence-electron chi connectivity index (χ1n) is 6.42. The summed E-state index contributed by atoms with van der Waals surface area (Å²) < 4.78 is 2.21. The molecule has 19 heavy (non-hydrogen) atoms. The molecule has 0 radical (unpaired) electrons. The molecule has 2 aromatic rings. The predicted molar refractivity (Wildman–Crippen MR) is 77.7 cm³/mol. The Morgan fingerprint density at radius 1 is 1.53 bits per heavy atom. The molecule has 2 rings (SSSR count). The molecule has 0 spiro atoms. The number of aryl methyl sites for hydroxylation is 1. The molecule has 5 heteroatoms. The van der Waals surface area contributed by atoms with Crippen molar-refractivity contribution in [1.29, 1.82) is 0 Å². The van der Waals surface area contributed by atoms with Crippen LogP contribution in [0.15, 0.2) is 23.0 Å². The lowest BCUT2D eigenvalue weighted by atomic mass is 10.3. The molecule has 4 nitrogen and oxygen atoms in total. The number of imidazole rings is 1. The summed E-state index contributed by atoms with van der Waals surface area (Å²) >= 11 is 1.53. The lowest BCUT2D eigenvalue weighted by Gasteiger charge is -2.14. The summed E-state index contributed by atoms with van der Waals surface area (Å²) in [6.45, 7) is 6.95.